The Bertz CT molecular complexity index is 888. The van der Waals surface area contributed by atoms with Crippen molar-refractivity contribution in [3.8, 4) is 0 Å². The maximum atomic E-state index is 12.9. The number of esters is 1. The number of aliphatic hydroxyl groups is 2. The van der Waals surface area contributed by atoms with Crippen molar-refractivity contribution in [1.82, 2.24) is 4.90 Å². The lowest BCUT2D eigenvalue weighted by molar-refractivity contribution is -0.276. The number of ether oxygens (including phenoxy) is 1. The monoisotopic (exact) mass is 413 g/mol. The number of fused-ring (bicyclic) bond motifs is 1. The molecule has 9 bridgehead atoms. The molecular weight excluding hydrogens is 378 g/mol. The van der Waals surface area contributed by atoms with Gasteiger partial charge in [-0.3, -0.25) is 9.69 Å². The maximum Gasteiger partial charge on any atom is 0.309 e. The summed E-state index contributed by atoms with van der Waals surface area (Å²) < 4.78 is 6.28. The molecule has 9 aliphatic rings. The molecule has 0 aromatic heterocycles. The lowest BCUT2D eigenvalue weighted by atomic mass is 9.39. The first-order chi connectivity index (χ1) is 14.2. The molecule has 2 N–H and O–H groups in total. The van der Waals surface area contributed by atoms with E-state index in [9.17, 15) is 15.0 Å². The number of carbonyl (C=O) groups is 1. The summed E-state index contributed by atoms with van der Waals surface area (Å²) >= 11 is 0. The molecule has 5 nitrogen and oxygen atoms in total. The second-order valence-corrected chi connectivity index (χ2v) is 12.4. The predicted octanol–water partition coefficient (Wildman–Crippen LogP) is 2.71. The molecule has 6 saturated carbocycles. The molecule has 2 spiro atoms. The van der Waals surface area contributed by atoms with E-state index in [-0.39, 0.29) is 52.0 Å². The number of piperidine rings is 2. The minimum absolute atomic E-state index is 0.0246. The van der Waals surface area contributed by atoms with Gasteiger partial charge in [0.2, 0.25) is 0 Å². The van der Waals surface area contributed by atoms with Crippen LogP contribution in [0.2, 0.25) is 0 Å². The molecule has 13 atom stereocenters. The van der Waals surface area contributed by atoms with Crippen LogP contribution in [0.15, 0.2) is 12.2 Å². The van der Waals surface area contributed by atoms with Crippen LogP contribution in [0.5, 0.6) is 0 Å². The van der Waals surface area contributed by atoms with Crippen LogP contribution >= 0.6 is 0 Å². The van der Waals surface area contributed by atoms with Crippen LogP contribution in [0.25, 0.3) is 0 Å². The lowest BCUT2D eigenvalue weighted by Crippen LogP contribution is -2.72. The molecule has 5 heteroatoms. The van der Waals surface area contributed by atoms with Crippen molar-refractivity contribution < 1.29 is 19.7 Å². The van der Waals surface area contributed by atoms with Gasteiger partial charge in [0.25, 0.3) is 0 Å². The van der Waals surface area contributed by atoms with Crippen molar-refractivity contribution in [2.24, 2.45) is 45.8 Å². The summed E-state index contributed by atoms with van der Waals surface area (Å²) in [5.41, 5.74) is -0.128. The van der Waals surface area contributed by atoms with Crippen LogP contribution in [-0.4, -0.2) is 51.6 Å². The molecule has 9 fully saturated rings. The Kier molecular flexibility index (Phi) is 3.12. The van der Waals surface area contributed by atoms with Crippen LogP contribution in [0, 0.1) is 45.8 Å². The highest BCUT2D eigenvalue weighted by Crippen LogP contribution is 2.89. The van der Waals surface area contributed by atoms with Crippen LogP contribution in [-0.2, 0) is 9.53 Å². The first-order valence-electron chi connectivity index (χ1n) is 12.2. The average molecular weight is 414 g/mol. The molecule has 3 unspecified atom stereocenters. The van der Waals surface area contributed by atoms with E-state index < -0.39 is 11.8 Å². The van der Waals surface area contributed by atoms with Gasteiger partial charge < -0.3 is 14.9 Å². The van der Waals surface area contributed by atoms with Gasteiger partial charge in [-0.2, -0.15) is 0 Å². The Morgan fingerprint density at radius 2 is 2.13 bits per heavy atom. The van der Waals surface area contributed by atoms with Crippen molar-refractivity contribution in [2.75, 3.05) is 6.54 Å². The summed E-state index contributed by atoms with van der Waals surface area (Å²) in [6.45, 7) is 11.7. The van der Waals surface area contributed by atoms with Gasteiger partial charge in [0.1, 0.15) is 11.8 Å². The Morgan fingerprint density at radius 1 is 1.37 bits per heavy atom. The summed E-state index contributed by atoms with van der Waals surface area (Å²) in [6.07, 6.45) is 5.03. The fourth-order valence-corrected chi connectivity index (χ4v) is 11.1. The number of carbonyl (C=O) groups excluding carboxylic acids is 1. The summed E-state index contributed by atoms with van der Waals surface area (Å²) in [4.78, 5) is 15.4. The number of aliphatic hydroxyl groups excluding tert-OH is 1. The fourth-order valence-electron chi connectivity index (χ4n) is 11.1. The highest BCUT2D eigenvalue weighted by Gasteiger charge is 2.93. The molecule has 6 aliphatic carbocycles. The molecule has 0 aromatic carbocycles. The van der Waals surface area contributed by atoms with E-state index in [2.05, 4.69) is 18.4 Å². The number of hydrogen-bond donors (Lipinski definition) is 2. The van der Waals surface area contributed by atoms with Crippen molar-refractivity contribution >= 4 is 5.97 Å². The van der Waals surface area contributed by atoms with Crippen molar-refractivity contribution in [3.63, 3.8) is 0 Å². The maximum absolute atomic E-state index is 12.9. The van der Waals surface area contributed by atoms with E-state index in [1.807, 2.05) is 13.8 Å². The third-order valence-electron chi connectivity index (χ3n) is 11.6. The van der Waals surface area contributed by atoms with Gasteiger partial charge in [0.05, 0.1) is 12.0 Å². The molecule has 3 aliphatic heterocycles. The topological polar surface area (TPSA) is 70.0 Å². The van der Waals surface area contributed by atoms with Gasteiger partial charge >= 0.3 is 5.97 Å². The normalized spacial score (nSPS) is 64.1. The zero-order chi connectivity index (χ0) is 21.0. The van der Waals surface area contributed by atoms with Crippen molar-refractivity contribution in [3.05, 3.63) is 12.2 Å². The van der Waals surface area contributed by atoms with Gasteiger partial charge in [-0.05, 0) is 48.0 Å². The van der Waals surface area contributed by atoms with Gasteiger partial charge in [0, 0.05) is 42.2 Å². The van der Waals surface area contributed by atoms with E-state index in [4.69, 9.17) is 4.74 Å². The molecule has 0 amide bonds. The first kappa shape index (κ1) is 18.6. The van der Waals surface area contributed by atoms with Crippen LogP contribution < -0.4 is 0 Å². The Hall–Kier alpha value is -0.910. The minimum atomic E-state index is -0.807. The van der Waals surface area contributed by atoms with Crippen LogP contribution in [0.3, 0.4) is 0 Å². The molecule has 9 rings (SSSR count). The number of nitrogens with zero attached hydrogens (tertiary/aromatic N) is 1. The SMILES string of the molecule is C=C1[C@H]2CC3C4N5C[C@]6(C)CCC[C@]47[C@H]([C@H]2O)[C@]3(C[C@@]5(O)[C@H]67)[C@@H]1OC(=O)[C@@H](C)CC. The van der Waals surface area contributed by atoms with Crippen molar-refractivity contribution in [1.29, 1.82) is 0 Å². The van der Waals surface area contributed by atoms with E-state index in [0.29, 0.717) is 18.4 Å². The molecule has 164 valence electrons. The van der Waals surface area contributed by atoms with E-state index in [1.165, 1.54) is 12.8 Å². The Labute approximate surface area is 178 Å². The second-order valence-electron chi connectivity index (χ2n) is 12.4. The van der Waals surface area contributed by atoms with Crippen molar-refractivity contribution in [2.45, 2.75) is 83.3 Å². The van der Waals surface area contributed by atoms with Crippen LogP contribution in [0.4, 0.5) is 0 Å². The Morgan fingerprint density at radius 3 is 2.87 bits per heavy atom. The van der Waals surface area contributed by atoms with Crippen LogP contribution in [0.1, 0.15) is 59.3 Å². The molecule has 3 heterocycles. The molecule has 0 aromatic rings. The standard InChI is InChI=1S/C25H35NO4/c1-5-12(2)20(28)30-19-13(3)14-9-15-18-23-8-6-7-22(4)11-26(18)25(29,21(22)23)10-24(15,19)17(23)16(14)27/h12,14-19,21,27,29H,3,5-11H2,1-2,4H3/t12-,14+,15?,16-,17-,18?,19+,21+,22-,23-,24+,25+/m0/s1. The van der Waals surface area contributed by atoms with Gasteiger partial charge in [0.15, 0.2) is 0 Å². The smallest absolute Gasteiger partial charge is 0.309 e. The third-order valence-corrected chi connectivity index (χ3v) is 11.6. The molecule has 30 heavy (non-hydrogen) atoms. The lowest BCUT2D eigenvalue weighted by Gasteiger charge is -2.67. The second kappa shape index (κ2) is 5.02. The van der Waals surface area contributed by atoms with E-state index in [1.54, 1.807) is 0 Å². The molecular formula is C25H35NO4. The first-order valence-corrected chi connectivity index (χ1v) is 12.2. The largest absolute Gasteiger partial charge is 0.457 e. The molecule has 3 saturated heterocycles. The summed E-state index contributed by atoms with van der Waals surface area (Å²) in [5, 5.41) is 23.9. The fraction of sp³-hybridized carbons (Fsp3) is 0.880. The summed E-state index contributed by atoms with van der Waals surface area (Å²) in [5.74, 6) is 0.502. The zero-order valence-corrected chi connectivity index (χ0v) is 18.4. The van der Waals surface area contributed by atoms with Gasteiger partial charge in [-0.15, -0.1) is 0 Å². The number of hydrogen-bond acceptors (Lipinski definition) is 5. The van der Waals surface area contributed by atoms with E-state index in [0.717, 1.165) is 31.4 Å². The highest BCUT2D eigenvalue weighted by atomic mass is 16.5. The number of rotatable bonds is 3. The van der Waals surface area contributed by atoms with Gasteiger partial charge in [-0.25, -0.2) is 0 Å². The minimum Gasteiger partial charge on any atom is -0.457 e. The summed E-state index contributed by atoms with van der Waals surface area (Å²) in [6, 6.07) is 0.331. The zero-order valence-electron chi connectivity index (χ0n) is 18.4. The average Bonchev–Trinajstić information content (AvgIpc) is 3.06. The van der Waals surface area contributed by atoms with Gasteiger partial charge in [-0.1, -0.05) is 33.8 Å². The summed E-state index contributed by atoms with van der Waals surface area (Å²) in [7, 11) is 0. The quantitative estimate of drug-likeness (QED) is 0.550. The molecule has 0 radical (unpaired) electrons. The Balaban J connectivity index is 1.42. The highest BCUT2D eigenvalue weighted by molar-refractivity contribution is 5.72. The third kappa shape index (κ3) is 1.52. The van der Waals surface area contributed by atoms with E-state index >= 15 is 0 Å². The predicted molar refractivity (Wildman–Crippen MR) is 110 cm³/mol.